The van der Waals surface area contributed by atoms with Crippen molar-refractivity contribution in [1.82, 2.24) is 4.98 Å². The molecule has 3 aromatic rings. The molecule has 7 heteroatoms. The van der Waals surface area contributed by atoms with Gasteiger partial charge in [-0.1, -0.05) is 47.1 Å². The number of hydrogen-bond donors (Lipinski definition) is 0. The van der Waals surface area contributed by atoms with Crippen molar-refractivity contribution in [1.29, 1.82) is 0 Å². The van der Waals surface area contributed by atoms with E-state index in [1.54, 1.807) is 31.2 Å². The van der Waals surface area contributed by atoms with Crippen LogP contribution >= 0.6 is 46.6 Å². The molecule has 128 valence electrons. The lowest BCUT2D eigenvalue weighted by atomic mass is 10.1. The molecule has 0 radical (unpaired) electrons. The van der Waals surface area contributed by atoms with Crippen molar-refractivity contribution in [2.45, 2.75) is 17.4 Å². The molecule has 0 aliphatic rings. The zero-order valence-electron chi connectivity index (χ0n) is 13.0. The summed E-state index contributed by atoms with van der Waals surface area (Å²) in [5, 5.41) is 0.723. The second-order valence-corrected chi connectivity index (χ2v) is 7.77. The number of aromatic nitrogens is 1. The molecule has 0 amide bonds. The average molecular weight is 413 g/mol. The monoisotopic (exact) mass is 411 g/mol. The Bertz CT molecular complexity index is 829. The molecular weight excluding hydrogens is 401 g/mol. The first-order chi connectivity index (χ1) is 11.9. The van der Waals surface area contributed by atoms with Crippen molar-refractivity contribution in [3.8, 4) is 22.6 Å². The van der Waals surface area contributed by atoms with Crippen molar-refractivity contribution in [3.63, 3.8) is 0 Å². The summed E-state index contributed by atoms with van der Waals surface area (Å²) in [6, 6.07) is 14.6. The molecule has 0 aliphatic carbocycles. The Morgan fingerprint density at radius 2 is 1.52 bits per heavy atom. The van der Waals surface area contributed by atoms with Crippen LogP contribution in [0.25, 0.3) is 22.6 Å². The van der Waals surface area contributed by atoms with Gasteiger partial charge >= 0.3 is 0 Å². The number of halogens is 3. The van der Waals surface area contributed by atoms with Gasteiger partial charge in [-0.3, -0.25) is 4.79 Å². The standard InChI is InChI=1S/C18H12Cl3NO2S/c1-10(17(21)23)25-18-22-15(11-2-6-13(19)7-3-11)16(24-18)12-4-8-14(20)9-5-12/h2-10H,1H3. The Hall–Kier alpha value is -1.46. The summed E-state index contributed by atoms with van der Waals surface area (Å²) in [5.74, 6) is 0.593. The van der Waals surface area contributed by atoms with Gasteiger partial charge in [0.1, 0.15) is 5.69 Å². The van der Waals surface area contributed by atoms with Gasteiger partial charge < -0.3 is 4.42 Å². The summed E-state index contributed by atoms with van der Waals surface area (Å²) in [6.07, 6.45) is 0. The molecule has 3 nitrogen and oxygen atoms in total. The minimum Gasteiger partial charge on any atom is -0.431 e. The number of carbonyl (C=O) groups excluding carboxylic acids is 1. The first-order valence-corrected chi connectivity index (χ1v) is 9.34. The van der Waals surface area contributed by atoms with Gasteiger partial charge in [0, 0.05) is 21.2 Å². The molecule has 25 heavy (non-hydrogen) atoms. The van der Waals surface area contributed by atoms with Crippen LogP contribution in [-0.2, 0) is 4.79 Å². The third-order valence-electron chi connectivity index (χ3n) is 3.43. The summed E-state index contributed by atoms with van der Waals surface area (Å²) >= 11 is 18.6. The van der Waals surface area contributed by atoms with Crippen LogP contribution in [0.1, 0.15) is 6.92 Å². The van der Waals surface area contributed by atoms with Crippen molar-refractivity contribution in [3.05, 3.63) is 58.6 Å². The number of hydrogen-bond acceptors (Lipinski definition) is 4. The predicted molar refractivity (Wildman–Crippen MR) is 104 cm³/mol. The molecule has 1 heterocycles. The van der Waals surface area contributed by atoms with Gasteiger partial charge in [-0.05, 0) is 54.9 Å². The van der Waals surface area contributed by atoms with Crippen LogP contribution in [0.15, 0.2) is 58.2 Å². The Morgan fingerprint density at radius 3 is 2.04 bits per heavy atom. The molecule has 3 rings (SSSR count). The number of nitrogens with zero attached hydrogens (tertiary/aromatic N) is 1. The van der Waals surface area contributed by atoms with Gasteiger partial charge in [0.05, 0.1) is 5.25 Å². The van der Waals surface area contributed by atoms with E-state index in [9.17, 15) is 4.79 Å². The summed E-state index contributed by atoms with van der Waals surface area (Å²) in [5.41, 5.74) is 2.35. The zero-order valence-corrected chi connectivity index (χ0v) is 16.1. The predicted octanol–water partition coefficient (Wildman–Crippen LogP) is 6.56. The van der Waals surface area contributed by atoms with Crippen LogP contribution in [0.2, 0.25) is 10.0 Å². The molecule has 0 bridgehead atoms. The van der Waals surface area contributed by atoms with Gasteiger partial charge in [-0.25, -0.2) is 4.98 Å². The van der Waals surface area contributed by atoms with Crippen LogP contribution in [0.3, 0.4) is 0 Å². The average Bonchev–Trinajstić information content (AvgIpc) is 3.00. The van der Waals surface area contributed by atoms with Gasteiger partial charge in [-0.15, -0.1) is 0 Å². The highest BCUT2D eigenvalue weighted by atomic mass is 35.5. The van der Waals surface area contributed by atoms with Crippen LogP contribution in [0.5, 0.6) is 0 Å². The second-order valence-electron chi connectivity index (χ2n) is 5.24. The van der Waals surface area contributed by atoms with E-state index in [1.807, 2.05) is 24.3 Å². The van der Waals surface area contributed by atoms with E-state index in [0.717, 1.165) is 11.1 Å². The van der Waals surface area contributed by atoms with E-state index in [-0.39, 0.29) is 0 Å². The molecule has 0 saturated heterocycles. The highest BCUT2D eigenvalue weighted by molar-refractivity contribution is 8.00. The first-order valence-electron chi connectivity index (χ1n) is 7.33. The fourth-order valence-corrected chi connectivity index (χ4v) is 3.20. The number of carbonyl (C=O) groups is 1. The van der Waals surface area contributed by atoms with Gasteiger partial charge in [0.15, 0.2) is 5.76 Å². The largest absolute Gasteiger partial charge is 0.431 e. The third-order valence-corrected chi connectivity index (χ3v) is 5.33. The minimum absolute atomic E-state index is 0.372. The van der Waals surface area contributed by atoms with E-state index in [2.05, 4.69) is 4.98 Å². The smallest absolute Gasteiger partial charge is 0.257 e. The summed E-state index contributed by atoms with van der Waals surface area (Å²) in [7, 11) is 0. The summed E-state index contributed by atoms with van der Waals surface area (Å²) in [4.78, 5) is 15.8. The lowest BCUT2D eigenvalue weighted by Crippen LogP contribution is -2.04. The SMILES string of the molecule is CC(Sc1nc(-c2ccc(Cl)cc2)c(-c2ccc(Cl)cc2)o1)C(=O)Cl. The second kappa shape index (κ2) is 7.83. The maximum atomic E-state index is 11.3. The molecule has 0 saturated carbocycles. The van der Waals surface area contributed by atoms with Gasteiger partial charge in [-0.2, -0.15) is 0 Å². The van der Waals surface area contributed by atoms with Crippen LogP contribution < -0.4 is 0 Å². The van der Waals surface area contributed by atoms with Crippen molar-refractivity contribution in [2.24, 2.45) is 0 Å². The molecule has 1 aromatic heterocycles. The quantitative estimate of drug-likeness (QED) is 0.351. The Morgan fingerprint density at radius 1 is 1.00 bits per heavy atom. The van der Waals surface area contributed by atoms with Crippen molar-refractivity contribution < 1.29 is 9.21 Å². The molecule has 0 N–H and O–H groups in total. The van der Waals surface area contributed by atoms with E-state index >= 15 is 0 Å². The lowest BCUT2D eigenvalue weighted by Gasteiger charge is -2.02. The van der Waals surface area contributed by atoms with Crippen LogP contribution in [0, 0.1) is 0 Å². The molecule has 0 aliphatic heterocycles. The fraction of sp³-hybridized carbons (Fsp3) is 0.111. The van der Waals surface area contributed by atoms with E-state index < -0.39 is 10.5 Å². The van der Waals surface area contributed by atoms with Crippen LogP contribution in [0.4, 0.5) is 0 Å². The maximum Gasteiger partial charge on any atom is 0.257 e. The van der Waals surface area contributed by atoms with E-state index in [0.29, 0.717) is 26.7 Å². The van der Waals surface area contributed by atoms with Crippen molar-refractivity contribution in [2.75, 3.05) is 0 Å². The molecule has 0 fully saturated rings. The molecule has 1 atom stereocenters. The van der Waals surface area contributed by atoms with Crippen LogP contribution in [-0.4, -0.2) is 15.5 Å². The van der Waals surface area contributed by atoms with Gasteiger partial charge in [0.25, 0.3) is 5.22 Å². The van der Waals surface area contributed by atoms with E-state index in [1.165, 1.54) is 11.8 Å². The zero-order chi connectivity index (χ0) is 18.0. The first kappa shape index (κ1) is 18.3. The Labute approximate surface area is 164 Å². The van der Waals surface area contributed by atoms with E-state index in [4.69, 9.17) is 39.2 Å². The highest BCUT2D eigenvalue weighted by Gasteiger charge is 2.21. The normalized spacial score (nSPS) is 12.2. The molecule has 2 aromatic carbocycles. The maximum absolute atomic E-state index is 11.3. The van der Waals surface area contributed by atoms with Crippen molar-refractivity contribution >= 4 is 51.8 Å². The molecule has 1 unspecified atom stereocenters. The van der Waals surface area contributed by atoms with Gasteiger partial charge in [0.2, 0.25) is 5.24 Å². The Kier molecular flexibility index (Phi) is 5.74. The number of thioether (sulfide) groups is 1. The lowest BCUT2D eigenvalue weighted by molar-refractivity contribution is -0.111. The fourth-order valence-electron chi connectivity index (χ4n) is 2.15. The minimum atomic E-state index is -0.462. The number of benzene rings is 2. The number of rotatable bonds is 5. The molecule has 0 spiro atoms. The summed E-state index contributed by atoms with van der Waals surface area (Å²) in [6.45, 7) is 1.70. The summed E-state index contributed by atoms with van der Waals surface area (Å²) < 4.78 is 5.91. The topological polar surface area (TPSA) is 43.1 Å². The highest BCUT2D eigenvalue weighted by Crippen LogP contribution is 2.37. The number of oxazole rings is 1. The molecular formula is C18H12Cl3NO2S. The Balaban J connectivity index is 2.07. The third kappa shape index (κ3) is 4.39.